The number of halogens is 2. The summed E-state index contributed by atoms with van der Waals surface area (Å²) in [4.78, 5) is 11.5. The van der Waals surface area contributed by atoms with Crippen molar-refractivity contribution >= 4 is 35.2 Å². The summed E-state index contributed by atoms with van der Waals surface area (Å²) in [7, 11) is 0. The van der Waals surface area contributed by atoms with Gasteiger partial charge in [-0.05, 0) is 30.2 Å². The Bertz CT molecular complexity index is 464. The number of amides is 1. The number of aliphatic hydroxyl groups excluding tert-OH is 1. The molecule has 0 aliphatic carbocycles. The third-order valence-electron chi connectivity index (χ3n) is 2.38. The first-order valence-electron chi connectivity index (χ1n) is 6.23. The molecule has 0 spiro atoms. The Kier molecular flexibility index (Phi) is 8.30. The van der Waals surface area contributed by atoms with Gasteiger partial charge in [-0.15, -0.1) is 0 Å². The Labute approximate surface area is 128 Å². The predicted molar refractivity (Wildman–Crippen MR) is 81.0 cm³/mol. The van der Waals surface area contributed by atoms with Gasteiger partial charge in [-0.2, -0.15) is 0 Å². The fraction of sp³-hybridized carbons (Fsp3) is 0.357. The Morgan fingerprint density at radius 1 is 1.35 bits per heavy atom. The van der Waals surface area contributed by atoms with Gasteiger partial charge in [-0.25, -0.2) is 0 Å². The molecule has 6 heteroatoms. The standard InChI is InChI=1S/C14H17Cl2NO3/c15-12-4-2-11(13(16)10-12)3-5-14(19)17-6-1-8-20-9-7-18/h2-5,10,18H,1,6-9H2,(H,17,19)/b5-3+. The van der Waals surface area contributed by atoms with Gasteiger partial charge < -0.3 is 15.2 Å². The second-order valence-corrected chi connectivity index (χ2v) is 4.82. The van der Waals surface area contributed by atoms with Crippen molar-refractivity contribution in [2.24, 2.45) is 0 Å². The molecule has 0 bridgehead atoms. The summed E-state index contributed by atoms with van der Waals surface area (Å²) in [5.41, 5.74) is 0.734. The fourth-order valence-electron chi connectivity index (χ4n) is 1.41. The minimum absolute atomic E-state index is 0.0109. The molecule has 0 aliphatic rings. The minimum Gasteiger partial charge on any atom is -0.394 e. The Morgan fingerprint density at radius 3 is 2.85 bits per heavy atom. The molecule has 1 amide bonds. The van der Waals surface area contributed by atoms with E-state index >= 15 is 0 Å². The number of hydrogen-bond donors (Lipinski definition) is 2. The first-order valence-corrected chi connectivity index (χ1v) is 6.98. The molecule has 1 aromatic carbocycles. The summed E-state index contributed by atoms with van der Waals surface area (Å²) in [5, 5.41) is 12.3. The zero-order chi connectivity index (χ0) is 14.8. The molecular formula is C14H17Cl2NO3. The molecule has 4 nitrogen and oxygen atoms in total. The first-order chi connectivity index (χ1) is 9.63. The summed E-state index contributed by atoms with van der Waals surface area (Å²) in [6.45, 7) is 1.36. The fourth-order valence-corrected chi connectivity index (χ4v) is 1.88. The van der Waals surface area contributed by atoms with Gasteiger partial charge in [-0.1, -0.05) is 29.3 Å². The van der Waals surface area contributed by atoms with Gasteiger partial charge in [-0.3, -0.25) is 4.79 Å². The highest BCUT2D eigenvalue weighted by molar-refractivity contribution is 6.35. The van der Waals surface area contributed by atoms with Gasteiger partial charge >= 0.3 is 0 Å². The molecule has 20 heavy (non-hydrogen) atoms. The van der Waals surface area contributed by atoms with Gasteiger partial charge in [0.25, 0.3) is 0 Å². The molecule has 0 fully saturated rings. The van der Waals surface area contributed by atoms with Crippen LogP contribution >= 0.6 is 23.2 Å². The van der Waals surface area contributed by atoms with E-state index in [1.807, 2.05) is 0 Å². The number of hydrogen-bond acceptors (Lipinski definition) is 3. The van der Waals surface area contributed by atoms with Crippen LogP contribution in [0.5, 0.6) is 0 Å². The second-order valence-electron chi connectivity index (χ2n) is 3.98. The molecule has 0 aromatic heterocycles. The van der Waals surface area contributed by atoms with Crippen LogP contribution in [0.3, 0.4) is 0 Å². The molecule has 1 rings (SSSR count). The van der Waals surface area contributed by atoms with Crippen LogP contribution < -0.4 is 5.32 Å². The van der Waals surface area contributed by atoms with Gasteiger partial charge in [0, 0.05) is 29.3 Å². The molecular weight excluding hydrogens is 301 g/mol. The summed E-state index contributed by atoms with van der Waals surface area (Å²) in [5.74, 6) is -0.196. The lowest BCUT2D eigenvalue weighted by Crippen LogP contribution is -2.23. The highest BCUT2D eigenvalue weighted by Crippen LogP contribution is 2.21. The van der Waals surface area contributed by atoms with Crippen molar-refractivity contribution in [2.75, 3.05) is 26.4 Å². The maximum Gasteiger partial charge on any atom is 0.244 e. The lowest BCUT2D eigenvalue weighted by Gasteiger charge is -2.03. The van der Waals surface area contributed by atoms with Crippen molar-refractivity contribution in [3.8, 4) is 0 Å². The first kappa shape index (κ1) is 17.0. The van der Waals surface area contributed by atoms with Crippen LogP contribution in [0.1, 0.15) is 12.0 Å². The van der Waals surface area contributed by atoms with E-state index in [0.29, 0.717) is 36.2 Å². The third kappa shape index (κ3) is 6.91. The van der Waals surface area contributed by atoms with E-state index in [9.17, 15) is 4.79 Å². The lowest BCUT2D eigenvalue weighted by atomic mass is 10.2. The Hall–Kier alpha value is -1.07. The second kappa shape index (κ2) is 9.77. The Balaban J connectivity index is 2.29. The normalized spacial score (nSPS) is 10.9. The van der Waals surface area contributed by atoms with Crippen LogP contribution in [0.4, 0.5) is 0 Å². The van der Waals surface area contributed by atoms with Crippen LogP contribution in [-0.2, 0) is 9.53 Å². The van der Waals surface area contributed by atoms with E-state index in [1.165, 1.54) is 6.08 Å². The van der Waals surface area contributed by atoms with Crippen molar-refractivity contribution < 1.29 is 14.6 Å². The van der Waals surface area contributed by atoms with E-state index in [1.54, 1.807) is 24.3 Å². The molecule has 0 atom stereocenters. The van der Waals surface area contributed by atoms with E-state index in [0.717, 1.165) is 5.56 Å². The maximum absolute atomic E-state index is 11.5. The maximum atomic E-state index is 11.5. The van der Waals surface area contributed by atoms with E-state index in [4.69, 9.17) is 33.0 Å². The molecule has 0 radical (unpaired) electrons. The number of nitrogens with one attached hydrogen (secondary N) is 1. The number of carbonyl (C=O) groups is 1. The zero-order valence-electron chi connectivity index (χ0n) is 10.9. The van der Waals surface area contributed by atoms with Crippen molar-refractivity contribution in [3.63, 3.8) is 0 Å². The third-order valence-corrected chi connectivity index (χ3v) is 2.94. The molecule has 2 N–H and O–H groups in total. The van der Waals surface area contributed by atoms with Crippen LogP contribution in [0, 0.1) is 0 Å². The van der Waals surface area contributed by atoms with Crippen LogP contribution in [0.2, 0.25) is 10.0 Å². The average Bonchev–Trinajstić information content (AvgIpc) is 2.41. The zero-order valence-corrected chi connectivity index (χ0v) is 12.5. The van der Waals surface area contributed by atoms with Crippen LogP contribution in [0.15, 0.2) is 24.3 Å². The summed E-state index contributed by atoms with van der Waals surface area (Å²) in [6.07, 6.45) is 3.75. The largest absolute Gasteiger partial charge is 0.394 e. The van der Waals surface area contributed by atoms with Crippen LogP contribution in [0.25, 0.3) is 6.08 Å². The van der Waals surface area contributed by atoms with Crippen molar-refractivity contribution in [2.45, 2.75) is 6.42 Å². The predicted octanol–water partition coefficient (Wildman–Crippen LogP) is 2.52. The Morgan fingerprint density at radius 2 is 2.15 bits per heavy atom. The van der Waals surface area contributed by atoms with Gasteiger partial charge in [0.1, 0.15) is 0 Å². The van der Waals surface area contributed by atoms with E-state index in [-0.39, 0.29) is 12.5 Å². The molecule has 0 saturated carbocycles. The van der Waals surface area contributed by atoms with Crippen molar-refractivity contribution in [1.82, 2.24) is 5.32 Å². The van der Waals surface area contributed by atoms with Crippen LogP contribution in [-0.4, -0.2) is 37.4 Å². The van der Waals surface area contributed by atoms with E-state index < -0.39 is 0 Å². The van der Waals surface area contributed by atoms with Gasteiger partial charge in [0.05, 0.1) is 13.2 Å². The molecule has 1 aromatic rings. The number of aliphatic hydroxyl groups is 1. The SMILES string of the molecule is O=C(/C=C/c1ccc(Cl)cc1Cl)NCCCOCCO. The topological polar surface area (TPSA) is 58.6 Å². The smallest absolute Gasteiger partial charge is 0.244 e. The van der Waals surface area contributed by atoms with Gasteiger partial charge in [0.2, 0.25) is 5.91 Å². The monoisotopic (exact) mass is 317 g/mol. The van der Waals surface area contributed by atoms with Crippen molar-refractivity contribution in [3.05, 3.63) is 39.9 Å². The lowest BCUT2D eigenvalue weighted by molar-refractivity contribution is -0.116. The van der Waals surface area contributed by atoms with Gasteiger partial charge in [0.15, 0.2) is 0 Å². The molecule has 0 aliphatic heterocycles. The number of ether oxygens (including phenoxy) is 1. The highest BCUT2D eigenvalue weighted by atomic mass is 35.5. The number of benzene rings is 1. The number of rotatable bonds is 8. The van der Waals surface area contributed by atoms with Crippen molar-refractivity contribution in [1.29, 1.82) is 0 Å². The molecule has 0 saturated heterocycles. The molecule has 0 heterocycles. The minimum atomic E-state index is -0.196. The quantitative estimate of drug-likeness (QED) is 0.572. The average molecular weight is 318 g/mol. The summed E-state index contributed by atoms with van der Waals surface area (Å²) < 4.78 is 5.07. The summed E-state index contributed by atoms with van der Waals surface area (Å²) >= 11 is 11.8. The molecule has 0 unspecified atom stereocenters. The summed E-state index contributed by atoms with van der Waals surface area (Å²) in [6, 6.07) is 5.08. The number of carbonyl (C=O) groups excluding carboxylic acids is 1. The molecule has 110 valence electrons. The highest BCUT2D eigenvalue weighted by Gasteiger charge is 1.99. The van der Waals surface area contributed by atoms with E-state index in [2.05, 4.69) is 5.32 Å².